The van der Waals surface area contributed by atoms with Crippen LogP contribution in [0.15, 0.2) is 24.3 Å². The van der Waals surface area contributed by atoms with E-state index in [2.05, 4.69) is 4.74 Å². The Bertz CT molecular complexity index is 401. The van der Waals surface area contributed by atoms with Crippen LogP contribution in [-0.2, 0) is 20.7 Å². The molecule has 86 valence electrons. The van der Waals surface area contributed by atoms with Crippen LogP contribution in [0.3, 0.4) is 0 Å². The van der Waals surface area contributed by atoms with Crippen molar-refractivity contribution in [1.29, 1.82) is 0 Å². The molecule has 1 aromatic carbocycles. The number of benzene rings is 1. The van der Waals surface area contributed by atoms with Crippen LogP contribution in [0.25, 0.3) is 0 Å². The summed E-state index contributed by atoms with van der Waals surface area (Å²) in [4.78, 5) is 11.3. The molecule has 1 saturated heterocycles. The zero-order valence-corrected chi connectivity index (χ0v) is 9.95. The zero-order chi connectivity index (χ0) is 11.8. The van der Waals surface area contributed by atoms with Gasteiger partial charge in [0.1, 0.15) is 5.60 Å². The fraction of sp³-hybridized carbons (Fsp3) is 0.417. The maximum absolute atomic E-state index is 11.3. The quantitative estimate of drug-likeness (QED) is 0.601. The molecule has 0 N–H and O–H groups in total. The number of carbonyl (C=O) groups is 1. The molecule has 1 heterocycles. The highest BCUT2D eigenvalue weighted by atomic mass is 35.5. The molecule has 2 atom stereocenters. The minimum Gasteiger partial charge on any atom is -0.467 e. The van der Waals surface area contributed by atoms with Crippen LogP contribution in [0, 0.1) is 0 Å². The number of esters is 1. The van der Waals surface area contributed by atoms with Crippen molar-refractivity contribution in [2.45, 2.75) is 25.0 Å². The van der Waals surface area contributed by atoms with Gasteiger partial charge in [-0.3, -0.25) is 0 Å². The molecule has 2 rings (SSSR count). The van der Waals surface area contributed by atoms with Gasteiger partial charge in [0.25, 0.3) is 0 Å². The van der Waals surface area contributed by atoms with E-state index in [1.165, 1.54) is 7.11 Å². The first-order valence-electron chi connectivity index (χ1n) is 5.05. The van der Waals surface area contributed by atoms with Crippen LogP contribution in [0.1, 0.15) is 12.5 Å². The number of rotatable bonds is 3. The maximum atomic E-state index is 11.3. The molecule has 4 heteroatoms. The van der Waals surface area contributed by atoms with Crippen LogP contribution >= 0.6 is 11.6 Å². The van der Waals surface area contributed by atoms with Gasteiger partial charge < -0.3 is 9.47 Å². The van der Waals surface area contributed by atoms with Crippen molar-refractivity contribution in [2.24, 2.45) is 0 Å². The van der Waals surface area contributed by atoms with Crippen molar-refractivity contribution in [3.05, 3.63) is 34.9 Å². The summed E-state index contributed by atoms with van der Waals surface area (Å²) < 4.78 is 10.0. The van der Waals surface area contributed by atoms with Crippen LogP contribution in [0.5, 0.6) is 0 Å². The topological polar surface area (TPSA) is 38.8 Å². The maximum Gasteiger partial charge on any atom is 0.338 e. The third-order valence-electron chi connectivity index (χ3n) is 2.77. The fourth-order valence-corrected chi connectivity index (χ4v) is 1.91. The first-order chi connectivity index (χ1) is 7.55. The van der Waals surface area contributed by atoms with Crippen molar-refractivity contribution < 1.29 is 14.3 Å². The van der Waals surface area contributed by atoms with Crippen LogP contribution < -0.4 is 0 Å². The van der Waals surface area contributed by atoms with E-state index in [4.69, 9.17) is 16.3 Å². The van der Waals surface area contributed by atoms with E-state index in [1.807, 2.05) is 31.2 Å². The number of ether oxygens (including phenoxy) is 2. The summed E-state index contributed by atoms with van der Waals surface area (Å²) in [5.41, 5.74) is 0.666. The Balaban J connectivity index is 2.01. The van der Waals surface area contributed by atoms with E-state index in [1.54, 1.807) is 0 Å². The van der Waals surface area contributed by atoms with Gasteiger partial charge in [0, 0.05) is 11.4 Å². The molecule has 0 aromatic heterocycles. The molecule has 3 nitrogen and oxygen atoms in total. The van der Waals surface area contributed by atoms with Gasteiger partial charge in [-0.1, -0.05) is 23.7 Å². The molecule has 0 aliphatic carbocycles. The average Bonchev–Trinajstić information content (AvgIpc) is 2.93. The molecule has 0 radical (unpaired) electrons. The standard InChI is InChI=1S/C12H13ClO3/c1-12(10(16-12)11(14)15-2)7-8-3-5-9(13)6-4-8/h3-6,10H,7H2,1-2H3. The van der Waals surface area contributed by atoms with Gasteiger partial charge in [0.05, 0.1) is 7.11 Å². The first kappa shape index (κ1) is 11.4. The van der Waals surface area contributed by atoms with Crippen molar-refractivity contribution in [1.82, 2.24) is 0 Å². The molecule has 2 unspecified atom stereocenters. The van der Waals surface area contributed by atoms with Crippen molar-refractivity contribution in [3.8, 4) is 0 Å². The van der Waals surface area contributed by atoms with Gasteiger partial charge >= 0.3 is 5.97 Å². The summed E-state index contributed by atoms with van der Waals surface area (Å²) >= 11 is 5.79. The lowest BCUT2D eigenvalue weighted by Gasteiger charge is -2.06. The Kier molecular flexibility index (Phi) is 2.91. The fourth-order valence-electron chi connectivity index (χ4n) is 1.78. The summed E-state index contributed by atoms with van der Waals surface area (Å²) in [6.45, 7) is 1.91. The predicted molar refractivity (Wildman–Crippen MR) is 60.5 cm³/mol. The van der Waals surface area contributed by atoms with Gasteiger partial charge in [0.2, 0.25) is 0 Å². The molecule has 16 heavy (non-hydrogen) atoms. The molecule has 0 saturated carbocycles. The SMILES string of the molecule is COC(=O)C1OC1(C)Cc1ccc(Cl)cc1. The number of halogens is 1. The van der Waals surface area contributed by atoms with Gasteiger partial charge in [-0.25, -0.2) is 4.79 Å². The van der Waals surface area contributed by atoms with Crippen molar-refractivity contribution in [2.75, 3.05) is 7.11 Å². The average molecular weight is 241 g/mol. The van der Waals surface area contributed by atoms with Crippen LogP contribution in [0.2, 0.25) is 5.02 Å². The highest BCUT2D eigenvalue weighted by Crippen LogP contribution is 2.39. The number of carbonyl (C=O) groups excluding carboxylic acids is 1. The summed E-state index contributed by atoms with van der Waals surface area (Å²) in [7, 11) is 1.37. The molecular formula is C12H13ClO3. The monoisotopic (exact) mass is 240 g/mol. The van der Waals surface area contributed by atoms with E-state index in [0.717, 1.165) is 5.56 Å². The van der Waals surface area contributed by atoms with Crippen molar-refractivity contribution in [3.63, 3.8) is 0 Å². The highest BCUT2D eigenvalue weighted by molar-refractivity contribution is 6.30. The Morgan fingerprint density at radius 1 is 1.50 bits per heavy atom. The lowest BCUT2D eigenvalue weighted by atomic mass is 9.98. The molecule has 0 spiro atoms. The van der Waals surface area contributed by atoms with E-state index in [0.29, 0.717) is 11.4 Å². The smallest absolute Gasteiger partial charge is 0.338 e. The molecule has 1 fully saturated rings. The van der Waals surface area contributed by atoms with Crippen LogP contribution in [0.4, 0.5) is 0 Å². The van der Waals surface area contributed by atoms with Gasteiger partial charge in [-0.2, -0.15) is 0 Å². The van der Waals surface area contributed by atoms with Crippen LogP contribution in [-0.4, -0.2) is 24.8 Å². The third-order valence-corrected chi connectivity index (χ3v) is 3.02. The lowest BCUT2D eigenvalue weighted by molar-refractivity contribution is -0.142. The number of epoxide rings is 1. The molecule has 0 bridgehead atoms. The molecule has 1 aliphatic heterocycles. The second-order valence-electron chi connectivity index (χ2n) is 4.14. The summed E-state index contributed by atoms with van der Waals surface area (Å²) in [5.74, 6) is -0.309. The first-order valence-corrected chi connectivity index (χ1v) is 5.43. The van der Waals surface area contributed by atoms with E-state index in [9.17, 15) is 4.79 Å². The Hall–Kier alpha value is -1.06. The molecule has 1 aliphatic rings. The lowest BCUT2D eigenvalue weighted by Crippen LogP contribution is -2.21. The third kappa shape index (κ3) is 2.20. The van der Waals surface area contributed by atoms with E-state index in [-0.39, 0.29) is 5.97 Å². The summed E-state index contributed by atoms with van der Waals surface area (Å²) in [6, 6.07) is 7.53. The molecule has 0 amide bonds. The second kappa shape index (κ2) is 4.07. The Morgan fingerprint density at radius 2 is 2.12 bits per heavy atom. The second-order valence-corrected chi connectivity index (χ2v) is 4.57. The predicted octanol–water partition coefficient (Wildman–Crippen LogP) is 2.21. The molecular weight excluding hydrogens is 228 g/mol. The largest absolute Gasteiger partial charge is 0.467 e. The molecule has 1 aromatic rings. The zero-order valence-electron chi connectivity index (χ0n) is 9.20. The van der Waals surface area contributed by atoms with Gasteiger partial charge in [-0.05, 0) is 24.6 Å². The summed E-state index contributed by atoms with van der Waals surface area (Å²) in [6.07, 6.45) is 0.248. The minimum atomic E-state index is -0.437. The number of hydrogen-bond acceptors (Lipinski definition) is 3. The van der Waals surface area contributed by atoms with Gasteiger partial charge in [0.15, 0.2) is 6.10 Å². The normalized spacial score (nSPS) is 27.6. The Labute approximate surface area is 99.3 Å². The Morgan fingerprint density at radius 3 is 2.69 bits per heavy atom. The van der Waals surface area contributed by atoms with Gasteiger partial charge in [-0.15, -0.1) is 0 Å². The minimum absolute atomic E-state index is 0.309. The number of methoxy groups -OCH3 is 1. The summed E-state index contributed by atoms with van der Waals surface area (Å²) in [5, 5.41) is 0.704. The van der Waals surface area contributed by atoms with E-state index < -0.39 is 11.7 Å². The van der Waals surface area contributed by atoms with E-state index >= 15 is 0 Å². The highest BCUT2D eigenvalue weighted by Gasteiger charge is 2.57. The number of hydrogen-bond donors (Lipinski definition) is 0. The van der Waals surface area contributed by atoms with Crippen molar-refractivity contribution >= 4 is 17.6 Å².